The van der Waals surface area contributed by atoms with Crippen molar-refractivity contribution >= 4 is 17.5 Å². The van der Waals surface area contributed by atoms with Gasteiger partial charge in [0.15, 0.2) is 6.61 Å². The van der Waals surface area contributed by atoms with Gasteiger partial charge in [-0.2, -0.15) is 0 Å². The zero-order chi connectivity index (χ0) is 19.6. The summed E-state index contributed by atoms with van der Waals surface area (Å²) in [5, 5.41) is 5.49. The van der Waals surface area contributed by atoms with E-state index >= 15 is 0 Å². The molecule has 6 heteroatoms. The molecule has 0 saturated heterocycles. The van der Waals surface area contributed by atoms with Gasteiger partial charge in [-0.25, -0.2) is 0 Å². The first-order valence-electron chi connectivity index (χ1n) is 9.01. The Labute approximate surface area is 159 Å². The van der Waals surface area contributed by atoms with Crippen LogP contribution in [0.1, 0.15) is 31.1 Å². The topological polar surface area (TPSA) is 76.7 Å². The summed E-state index contributed by atoms with van der Waals surface area (Å²) in [6.07, 6.45) is 0. The van der Waals surface area contributed by atoms with Gasteiger partial charge in [-0.15, -0.1) is 0 Å². The summed E-state index contributed by atoms with van der Waals surface area (Å²) in [6, 6.07) is 14.0. The van der Waals surface area contributed by atoms with Crippen LogP contribution < -0.4 is 20.1 Å². The highest BCUT2D eigenvalue weighted by atomic mass is 16.5. The third-order valence-electron chi connectivity index (χ3n) is 3.54. The summed E-state index contributed by atoms with van der Waals surface area (Å²) in [4.78, 5) is 23.8. The zero-order valence-corrected chi connectivity index (χ0v) is 16.0. The third kappa shape index (κ3) is 7.01. The minimum absolute atomic E-state index is 0.0390. The second-order valence-electron chi connectivity index (χ2n) is 6.45. The molecule has 0 aliphatic carbocycles. The molecule has 6 nitrogen and oxygen atoms in total. The fraction of sp³-hybridized carbons (Fsp3) is 0.333. The predicted molar refractivity (Wildman–Crippen MR) is 105 cm³/mol. The Morgan fingerprint density at radius 2 is 1.74 bits per heavy atom. The zero-order valence-electron chi connectivity index (χ0n) is 16.0. The number of nitrogens with one attached hydrogen (secondary N) is 2. The highest BCUT2D eigenvalue weighted by molar-refractivity contribution is 6.04. The number of hydrogen-bond donors (Lipinski definition) is 2. The highest BCUT2D eigenvalue weighted by Gasteiger charge is 2.08. The van der Waals surface area contributed by atoms with Crippen LogP contribution in [-0.2, 0) is 4.79 Å². The summed E-state index contributed by atoms with van der Waals surface area (Å²) in [5.74, 6) is 1.25. The first kappa shape index (κ1) is 20.3. The van der Waals surface area contributed by atoms with Crippen molar-refractivity contribution in [3.63, 3.8) is 0 Å². The van der Waals surface area contributed by atoms with E-state index in [1.807, 2.05) is 13.0 Å². The van der Waals surface area contributed by atoms with Gasteiger partial charge in [0.1, 0.15) is 11.5 Å². The monoisotopic (exact) mass is 370 g/mol. The van der Waals surface area contributed by atoms with Crippen LogP contribution >= 0.6 is 0 Å². The number of benzene rings is 2. The van der Waals surface area contributed by atoms with Crippen LogP contribution in [-0.4, -0.2) is 31.6 Å². The van der Waals surface area contributed by atoms with Crippen molar-refractivity contribution in [2.45, 2.75) is 20.8 Å². The van der Waals surface area contributed by atoms with Crippen molar-refractivity contribution in [3.8, 4) is 11.5 Å². The quantitative estimate of drug-likeness (QED) is 0.708. The van der Waals surface area contributed by atoms with Crippen molar-refractivity contribution in [3.05, 3.63) is 54.1 Å². The lowest BCUT2D eigenvalue weighted by molar-refractivity contribution is -0.122. The van der Waals surface area contributed by atoms with E-state index in [9.17, 15) is 9.59 Å². The van der Waals surface area contributed by atoms with Crippen LogP contribution in [0.5, 0.6) is 11.5 Å². The number of hydrogen-bond acceptors (Lipinski definition) is 4. The van der Waals surface area contributed by atoms with Crippen LogP contribution in [0.15, 0.2) is 48.5 Å². The lowest BCUT2D eigenvalue weighted by Crippen LogP contribution is -2.28. The molecule has 0 aliphatic heterocycles. The van der Waals surface area contributed by atoms with Gasteiger partial charge in [0.05, 0.1) is 6.61 Å². The van der Waals surface area contributed by atoms with Gasteiger partial charge >= 0.3 is 0 Å². The maximum atomic E-state index is 12.4. The molecule has 0 spiro atoms. The van der Waals surface area contributed by atoms with E-state index in [-0.39, 0.29) is 18.4 Å². The van der Waals surface area contributed by atoms with Crippen LogP contribution in [0, 0.1) is 5.92 Å². The Morgan fingerprint density at radius 3 is 2.41 bits per heavy atom. The molecule has 0 bridgehead atoms. The molecule has 2 aromatic carbocycles. The van der Waals surface area contributed by atoms with Crippen LogP contribution in [0.2, 0.25) is 0 Å². The number of rotatable bonds is 9. The maximum Gasteiger partial charge on any atom is 0.257 e. The number of carbonyl (C=O) groups excluding carboxylic acids is 2. The second kappa shape index (κ2) is 10.2. The molecule has 2 N–H and O–H groups in total. The molecule has 0 heterocycles. The summed E-state index contributed by atoms with van der Waals surface area (Å²) in [5.41, 5.74) is 1.16. The number of likely N-dealkylation sites (N-methyl/N-ethyl adjacent to an activating group) is 1. The fourth-order valence-corrected chi connectivity index (χ4v) is 2.22. The highest BCUT2D eigenvalue weighted by Crippen LogP contribution is 2.18. The normalized spacial score (nSPS) is 10.4. The minimum Gasteiger partial charge on any atom is -0.493 e. The lowest BCUT2D eigenvalue weighted by Gasteiger charge is -2.11. The predicted octanol–water partition coefficient (Wildman–Crippen LogP) is 3.49. The Balaban J connectivity index is 1.92. The van der Waals surface area contributed by atoms with Crippen molar-refractivity contribution in [2.24, 2.45) is 5.92 Å². The van der Waals surface area contributed by atoms with Crippen molar-refractivity contribution in [2.75, 3.05) is 25.1 Å². The lowest BCUT2D eigenvalue weighted by atomic mass is 10.2. The standard InChI is InChI=1S/C21H26N2O4/c1-4-22-20(24)14-27-18-10-8-17(9-11-18)23-21(25)16-6-5-7-19(12-16)26-13-15(2)3/h5-12,15H,4,13-14H2,1-3H3,(H,22,24)(H,23,25). The third-order valence-corrected chi connectivity index (χ3v) is 3.54. The van der Waals surface area contributed by atoms with Gasteiger partial charge in [0.2, 0.25) is 0 Å². The Morgan fingerprint density at radius 1 is 1.00 bits per heavy atom. The van der Waals surface area contributed by atoms with Crippen LogP contribution in [0.4, 0.5) is 5.69 Å². The molecule has 0 unspecified atom stereocenters. The van der Waals surface area contributed by atoms with Gasteiger partial charge in [-0.05, 0) is 55.3 Å². The summed E-state index contributed by atoms with van der Waals surface area (Å²) >= 11 is 0. The van der Waals surface area contributed by atoms with E-state index < -0.39 is 0 Å². The molecular formula is C21H26N2O4. The summed E-state index contributed by atoms with van der Waals surface area (Å²) < 4.78 is 11.0. The van der Waals surface area contributed by atoms with E-state index in [4.69, 9.17) is 9.47 Å². The molecular weight excluding hydrogens is 344 g/mol. The molecule has 2 aromatic rings. The molecule has 0 atom stereocenters. The van der Waals surface area contributed by atoms with Crippen LogP contribution in [0.3, 0.4) is 0 Å². The maximum absolute atomic E-state index is 12.4. The first-order chi connectivity index (χ1) is 13.0. The average Bonchev–Trinajstić information content (AvgIpc) is 2.66. The molecule has 0 aromatic heterocycles. The molecule has 27 heavy (non-hydrogen) atoms. The van der Waals surface area contributed by atoms with Gasteiger partial charge in [-0.1, -0.05) is 19.9 Å². The number of carbonyl (C=O) groups is 2. The Kier molecular flexibility index (Phi) is 7.67. The largest absolute Gasteiger partial charge is 0.493 e. The van der Waals surface area contributed by atoms with E-state index in [1.165, 1.54) is 0 Å². The number of amides is 2. The summed E-state index contributed by atoms with van der Waals surface area (Å²) in [6.45, 7) is 7.12. The SMILES string of the molecule is CCNC(=O)COc1ccc(NC(=O)c2cccc(OCC(C)C)c2)cc1. The minimum atomic E-state index is -0.221. The van der Waals surface area contributed by atoms with Gasteiger partial charge in [0.25, 0.3) is 11.8 Å². The van der Waals surface area contributed by atoms with Gasteiger partial charge in [-0.3, -0.25) is 9.59 Å². The van der Waals surface area contributed by atoms with E-state index in [2.05, 4.69) is 24.5 Å². The van der Waals surface area contributed by atoms with Gasteiger partial charge in [0, 0.05) is 17.8 Å². The molecule has 0 fully saturated rings. The number of anilines is 1. The van der Waals surface area contributed by atoms with Crippen LogP contribution in [0.25, 0.3) is 0 Å². The smallest absolute Gasteiger partial charge is 0.257 e. The van der Waals surface area contributed by atoms with Gasteiger partial charge < -0.3 is 20.1 Å². The van der Waals surface area contributed by atoms with Crippen molar-refractivity contribution < 1.29 is 19.1 Å². The first-order valence-corrected chi connectivity index (χ1v) is 9.01. The van der Waals surface area contributed by atoms with Crippen molar-refractivity contribution in [1.29, 1.82) is 0 Å². The number of ether oxygens (including phenoxy) is 2. The van der Waals surface area contributed by atoms with Crippen molar-refractivity contribution in [1.82, 2.24) is 5.32 Å². The molecule has 144 valence electrons. The molecule has 2 amide bonds. The Hall–Kier alpha value is -3.02. The van der Waals surface area contributed by atoms with E-state index in [1.54, 1.807) is 42.5 Å². The second-order valence-corrected chi connectivity index (χ2v) is 6.45. The molecule has 0 aliphatic rings. The van der Waals surface area contributed by atoms with E-state index in [0.717, 1.165) is 0 Å². The molecule has 0 saturated carbocycles. The fourth-order valence-electron chi connectivity index (χ4n) is 2.22. The summed E-state index contributed by atoms with van der Waals surface area (Å²) in [7, 11) is 0. The average molecular weight is 370 g/mol. The Bertz CT molecular complexity index is 757. The molecule has 2 rings (SSSR count). The molecule has 0 radical (unpaired) electrons. The van der Waals surface area contributed by atoms with E-state index in [0.29, 0.717) is 41.8 Å².